The predicted octanol–water partition coefficient (Wildman–Crippen LogP) is 2.95. The molecule has 0 spiro atoms. The molecule has 7 N–H and O–H groups in total. The monoisotopic (exact) mass is 621 g/mol. The van der Waals surface area contributed by atoms with E-state index in [1.165, 1.54) is 13.8 Å². The summed E-state index contributed by atoms with van der Waals surface area (Å²) in [6.07, 6.45) is -0.422. The first-order valence-corrected chi connectivity index (χ1v) is 15.0. The van der Waals surface area contributed by atoms with E-state index in [9.17, 15) is 24.3 Å². The fraction of sp³-hybridized carbons (Fsp3) is 0.222. The number of carbonyl (C=O) groups is 4. The van der Waals surface area contributed by atoms with Crippen molar-refractivity contribution in [3.63, 3.8) is 0 Å². The van der Waals surface area contributed by atoms with Crippen molar-refractivity contribution in [2.45, 2.75) is 50.5 Å². The lowest BCUT2D eigenvalue weighted by Gasteiger charge is -2.37. The van der Waals surface area contributed by atoms with Crippen molar-refractivity contribution < 1.29 is 24.3 Å². The fourth-order valence-electron chi connectivity index (χ4n) is 5.07. The van der Waals surface area contributed by atoms with E-state index in [0.717, 1.165) is 16.7 Å². The predicted molar refractivity (Wildman–Crippen MR) is 176 cm³/mol. The van der Waals surface area contributed by atoms with Gasteiger partial charge in [0.05, 0.1) is 19.1 Å². The third kappa shape index (κ3) is 8.23. The summed E-state index contributed by atoms with van der Waals surface area (Å²) in [6, 6.07) is 31.8. The average molecular weight is 622 g/mol. The molecule has 0 fully saturated rings. The lowest BCUT2D eigenvalue weighted by atomic mass is 9.77. The first kappa shape index (κ1) is 33.6. The number of nitrogens with two attached hydrogens (primary N) is 1. The highest BCUT2D eigenvalue weighted by Gasteiger charge is 2.39. The summed E-state index contributed by atoms with van der Waals surface area (Å²) in [6.45, 7) is 2.79. The quantitative estimate of drug-likeness (QED) is 0.126. The molecule has 10 heteroatoms. The van der Waals surface area contributed by atoms with Crippen LogP contribution in [0.25, 0.3) is 0 Å². The molecule has 4 amide bonds. The third-order valence-corrected chi connectivity index (χ3v) is 7.54. The van der Waals surface area contributed by atoms with Crippen LogP contribution in [0.3, 0.4) is 0 Å². The van der Waals surface area contributed by atoms with E-state index >= 15 is 0 Å². The van der Waals surface area contributed by atoms with E-state index in [1.807, 2.05) is 91.0 Å². The number of rotatable bonds is 13. The maximum absolute atomic E-state index is 14.1. The van der Waals surface area contributed by atoms with E-state index < -0.39 is 53.7 Å². The SMILES string of the molecule is C[C@H](N)C(=O)N[C@@H](C)C(=O)N[C@@H](CC(=O)NC(c1ccccc1)(c1ccccc1)c1ccccc1)C(=O)Nc1ccc(CO)cc1. The Morgan fingerprint density at radius 1 is 0.674 bits per heavy atom. The largest absolute Gasteiger partial charge is 0.392 e. The van der Waals surface area contributed by atoms with Crippen LogP contribution in [0.2, 0.25) is 0 Å². The number of aliphatic hydroxyl groups is 1. The van der Waals surface area contributed by atoms with Gasteiger partial charge in [-0.05, 0) is 48.2 Å². The maximum Gasteiger partial charge on any atom is 0.247 e. The van der Waals surface area contributed by atoms with Crippen LogP contribution in [0.5, 0.6) is 0 Å². The van der Waals surface area contributed by atoms with Gasteiger partial charge in [0.15, 0.2) is 0 Å². The number of nitrogens with one attached hydrogen (secondary N) is 4. The second kappa shape index (κ2) is 15.6. The molecular formula is C36H39N5O5. The molecule has 0 unspecified atom stereocenters. The third-order valence-electron chi connectivity index (χ3n) is 7.54. The van der Waals surface area contributed by atoms with E-state index in [0.29, 0.717) is 11.3 Å². The topological polar surface area (TPSA) is 163 Å². The van der Waals surface area contributed by atoms with E-state index in [2.05, 4.69) is 21.3 Å². The smallest absolute Gasteiger partial charge is 0.247 e. The zero-order valence-electron chi connectivity index (χ0n) is 25.8. The molecule has 4 aromatic carbocycles. The summed E-state index contributed by atoms with van der Waals surface area (Å²) in [5.41, 5.74) is 7.94. The van der Waals surface area contributed by atoms with Crippen LogP contribution < -0.4 is 27.0 Å². The molecule has 0 aromatic heterocycles. The molecule has 10 nitrogen and oxygen atoms in total. The summed E-state index contributed by atoms with van der Waals surface area (Å²) >= 11 is 0. The molecule has 0 saturated heterocycles. The summed E-state index contributed by atoms with van der Waals surface area (Å²) in [5.74, 6) is -2.36. The molecule has 46 heavy (non-hydrogen) atoms. The molecule has 4 aromatic rings. The number of benzene rings is 4. The van der Waals surface area contributed by atoms with Gasteiger partial charge in [0.25, 0.3) is 0 Å². The number of aliphatic hydroxyl groups excluding tert-OH is 1. The van der Waals surface area contributed by atoms with Crippen LogP contribution in [0.1, 0.15) is 42.5 Å². The van der Waals surface area contributed by atoms with E-state index in [4.69, 9.17) is 5.73 Å². The first-order valence-electron chi connectivity index (χ1n) is 15.0. The average Bonchev–Trinajstić information content (AvgIpc) is 3.08. The van der Waals surface area contributed by atoms with Crippen molar-refractivity contribution in [2.24, 2.45) is 5.73 Å². The molecule has 0 bridgehead atoms. The highest BCUT2D eigenvalue weighted by atomic mass is 16.3. The highest BCUT2D eigenvalue weighted by Crippen LogP contribution is 2.37. The lowest BCUT2D eigenvalue weighted by molar-refractivity contribution is -0.132. The zero-order chi connectivity index (χ0) is 33.1. The van der Waals surface area contributed by atoms with Gasteiger partial charge in [0, 0.05) is 5.69 Å². The van der Waals surface area contributed by atoms with Gasteiger partial charge in [-0.2, -0.15) is 0 Å². The molecule has 3 atom stereocenters. The number of hydrogen-bond acceptors (Lipinski definition) is 6. The molecule has 0 aliphatic carbocycles. The standard InChI is InChI=1S/C36H39N5O5/c1-24(37)33(44)38-25(2)34(45)40-31(35(46)39-30-20-18-26(23-42)19-21-30)22-32(43)41-36(27-12-6-3-7-13-27,28-14-8-4-9-15-28)29-16-10-5-11-17-29/h3-21,24-25,31,42H,22-23,37H2,1-2H3,(H,38,44)(H,39,46)(H,40,45)(H,41,43)/t24-,25-,31-/m0/s1. The molecule has 0 radical (unpaired) electrons. The van der Waals surface area contributed by atoms with Crippen molar-refractivity contribution in [3.8, 4) is 0 Å². The lowest BCUT2D eigenvalue weighted by Crippen LogP contribution is -2.55. The van der Waals surface area contributed by atoms with Gasteiger partial charge in [-0.25, -0.2) is 0 Å². The Morgan fingerprint density at radius 3 is 1.59 bits per heavy atom. The zero-order valence-corrected chi connectivity index (χ0v) is 25.8. The Kier molecular flexibility index (Phi) is 11.4. The second-order valence-electron chi connectivity index (χ2n) is 11.0. The van der Waals surface area contributed by atoms with Crippen LogP contribution in [0.4, 0.5) is 5.69 Å². The van der Waals surface area contributed by atoms with Crippen molar-refractivity contribution in [2.75, 3.05) is 5.32 Å². The molecule has 0 aliphatic rings. The van der Waals surface area contributed by atoms with Gasteiger partial charge in [0.1, 0.15) is 17.6 Å². The Hall–Kier alpha value is -5.32. The van der Waals surface area contributed by atoms with Crippen molar-refractivity contribution >= 4 is 29.3 Å². The van der Waals surface area contributed by atoms with Gasteiger partial charge in [-0.15, -0.1) is 0 Å². The summed E-state index contributed by atoms with van der Waals surface area (Å²) in [5, 5.41) is 20.5. The van der Waals surface area contributed by atoms with Crippen molar-refractivity contribution in [3.05, 3.63) is 138 Å². The highest BCUT2D eigenvalue weighted by molar-refractivity contribution is 6.01. The van der Waals surface area contributed by atoms with Crippen molar-refractivity contribution in [1.29, 1.82) is 0 Å². The second-order valence-corrected chi connectivity index (χ2v) is 11.0. The molecule has 238 valence electrons. The van der Waals surface area contributed by atoms with Crippen LogP contribution >= 0.6 is 0 Å². The minimum atomic E-state index is -1.32. The van der Waals surface area contributed by atoms with Gasteiger partial charge in [-0.3, -0.25) is 19.2 Å². The number of carbonyl (C=O) groups excluding carboxylic acids is 4. The Bertz CT molecular complexity index is 1520. The molecular weight excluding hydrogens is 582 g/mol. The number of hydrogen-bond donors (Lipinski definition) is 6. The molecule has 0 aliphatic heterocycles. The Balaban J connectivity index is 1.68. The number of anilines is 1. The Labute approximate surface area is 268 Å². The fourth-order valence-corrected chi connectivity index (χ4v) is 5.07. The van der Waals surface area contributed by atoms with Gasteiger partial charge in [0.2, 0.25) is 23.6 Å². The van der Waals surface area contributed by atoms with Crippen LogP contribution in [-0.2, 0) is 31.3 Å². The van der Waals surface area contributed by atoms with Gasteiger partial charge in [-0.1, -0.05) is 103 Å². The van der Waals surface area contributed by atoms with E-state index in [1.54, 1.807) is 24.3 Å². The van der Waals surface area contributed by atoms with Crippen LogP contribution in [-0.4, -0.2) is 46.9 Å². The van der Waals surface area contributed by atoms with Gasteiger partial charge >= 0.3 is 0 Å². The van der Waals surface area contributed by atoms with Gasteiger partial charge < -0.3 is 32.1 Å². The van der Waals surface area contributed by atoms with E-state index in [-0.39, 0.29) is 6.61 Å². The van der Waals surface area contributed by atoms with Crippen LogP contribution in [0.15, 0.2) is 115 Å². The summed E-state index contributed by atoms with van der Waals surface area (Å²) in [4.78, 5) is 53.0. The minimum absolute atomic E-state index is 0.163. The molecule has 4 rings (SSSR count). The molecule has 0 heterocycles. The van der Waals surface area contributed by atoms with Crippen molar-refractivity contribution in [1.82, 2.24) is 16.0 Å². The molecule has 0 saturated carbocycles. The minimum Gasteiger partial charge on any atom is -0.392 e. The van der Waals surface area contributed by atoms with Crippen LogP contribution in [0, 0.1) is 0 Å². The Morgan fingerprint density at radius 2 is 1.15 bits per heavy atom. The summed E-state index contributed by atoms with van der Waals surface area (Å²) < 4.78 is 0. The normalized spacial score (nSPS) is 13.0. The number of amides is 4. The summed E-state index contributed by atoms with van der Waals surface area (Å²) in [7, 11) is 0. The maximum atomic E-state index is 14.1. The first-order chi connectivity index (χ1) is 22.1.